The first-order valence-electron chi connectivity index (χ1n) is 4.93. The molecule has 0 aliphatic rings. The van der Waals surface area contributed by atoms with E-state index in [1.165, 1.54) is 26.2 Å². The fourth-order valence-corrected chi connectivity index (χ4v) is 2.92. The van der Waals surface area contributed by atoms with E-state index in [0.717, 1.165) is 12.1 Å². The first kappa shape index (κ1) is 13.6. The smallest absolute Gasteiger partial charge is 0.309 e. The van der Waals surface area contributed by atoms with Crippen LogP contribution >= 0.6 is 0 Å². The summed E-state index contributed by atoms with van der Waals surface area (Å²) in [5, 5.41) is 0. The predicted molar refractivity (Wildman–Crippen MR) is 59.6 cm³/mol. The molecule has 1 unspecified atom stereocenters. The van der Waals surface area contributed by atoms with Gasteiger partial charge in [-0.2, -0.15) is 0 Å². The van der Waals surface area contributed by atoms with Crippen molar-refractivity contribution >= 4 is 15.8 Å². The van der Waals surface area contributed by atoms with Crippen LogP contribution in [0.4, 0.5) is 4.39 Å². The molecule has 0 aromatic heterocycles. The number of carbonyl (C=O) groups is 1. The summed E-state index contributed by atoms with van der Waals surface area (Å²) in [6.07, 6.45) is 0. The van der Waals surface area contributed by atoms with E-state index in [4.69, 9.17) is 0 Å². The highest BCUT2D eigenvalue weighted by molar-refractivity contribution is 7.91. The van der Waals surface area contributed by atoms with Crippen LogP contribution in [0.1, 0.15) is 6.92 Å². The minimum atomic E-state index is -3.68. The molecule has 0 bridgehead atoms. The molecule has 1 aromatic carbocycles. The Balaban J connectivity index is 2.93. The average molecular weight is 260 g/mol. The molecule has 0 heterocycles. The van der Waals surface area contributed by atoms with E-state index in [-0.39, 0.29) is 4.90 Å². The Labute approximate surface area is 99.3 Å². The van der Waals surface area contributed by atoms with Gasteiger partial charge in [-0.25, -0.2) is 12.8 Å². The van der Waals surface area contributed by atoms with Crippen molar-refractivity contribution in [2.75, 3.05) is 12.9 Å². The van der Waals surface area contributed by atoms with Crippen molar-refractivity contribution in [1.82, 2.24) is 0 Å². The Hall–Kier alpha value is -1.43. The van der Waals surface area contributed by atoms with Gasteiger partial charge >= 0.3 is 5.97 Å². The lowest BCUT2D eigenvalue weighted by molar-refractivity contribution is -0.144. The molecule has 0 saturated carbocycles. The first-order chi connectivity index (χ1) is 7.86. The number of benzene rings is 1. The highest BCUT2D eigenvalue weighted by Crippen LogP contribution is 2.15. The molecular formula is C11H13FO4S. The van der Waals surface area contributed by atoms with Crippen LogP contribution in [-0.2, 0) is 19.4 Å². The van der Waals surface area contributed by atoms with Gasteiger partial charge in [-0.3, -0.25) is 4.79 Å². The van der Waals surface area contributed by atoms with Crippen LogP contribution in [-0.4, -0.2) is 27.2 Å². The van der Waals surface area contributed by atoms with Crippen molar-refractivity contribution in [3.63, 3.8) is 0 Å². The molecule has 94 valence electrons. The number of hydrogen-bond donors (Lipinski definition) is 0. The molecule has 4 nitrogen and oxygen atoms in total. The molecule has 1 aromatic rings. The van der Waals surface area contributed by atoms with Crippen molar-refractivity contribution in [1.29, 1.82) is 0 Å². The summed E-state index contributed by atoms with van der Waals surface area (Å²) >= 11 is 0. The molecule has 0 spiro atoms. The zero-order chi connectivity index (χ0) is 13.1. The minimum Gasteiger partial charge on any atom is -0.469 e. The number of methoxy groups -OCH3 is 1. The third kappa shape index (κ3) is 3.52. The van der Waals surface area contributed by atoms with E-state index in [0.29, 0.717) is 0 Å². The Morgan fingerprint density at radius 2 is 2.12 bits per heavy atom. The van der Waals surface area contributed by atoms with Gasteiger partial charge in [0.25, 0.3) is 0 Å². The first-order valence-corrected chi connectivity index (χ1v) is 6.58. The van der Waals surface area contributed by atoms with Crippen molar-refractivity contribution in [2.24, 2.45) is 5.92 Å². The van der Waals surface area contributed by atoms with Gasteiger partial charge in [0, 0.05) is 0 Å². The van der Waals surface area contributed by atoms with Crippen molar-refractivity contribution in [3.8, 4) is 0 Å². The van der Waals surface area contributed by atoms with Crippen LogP contribution in [0, 0.1) is 11.7 Å². The maximum atomic E-state index is 12.9. The van der Waals surface area contributed by atoms with Crippen LogP contribution in [0.3, 0.4) is 0 Å². The summed E-state index contributed by atoms with van der Waals surface area (Å²) in [5.74, 6) is -2.42. The van der Waals surface area contributed by atoms with Gasteiger partial charge in [0.05, 0.1) is 23.7 Å². The molecule has 0 aliphatic heterocycles. The van der Waals surface area contributed by atoms with Gasteiger partial charge in [0.2, 0.25) is 0 Å². The van der Waals surface area contributed by atoms with Crippen LogP contribution in [0.25, 0.3) is 0 Å². The zero-order valence-electron chi connectivity index (χ0n) is 9.51. The van der Waals surface area contributed by atoms with E-state index in [9.17, 15) is 17.6 Å². The Bertz CT molecular complexity index is 510. The summed E-state index contributed by atoms with van der Waals surface area (Å²) in [7, 11) is -2.49. The van der Waals surface area contributed by atoms with Crippen molar-refractivity contribution < 1.29 is 22.3 Å². The van der Waals surface area contributed by atoms with Crippen molar-refractivity contribution in [2.45, 2.75) is 11.8 Å². The van der Waals surface area contributed by atoms with Crippen molar-refractivity contribution in [3.05, 3.63) is 30.1 Å². The average Bonchev–Trinajstić information content (AvgIpc) is 2.27. The number of carbonyl (C=O) groups excluding carboxylic acids is 1. The van der Waals surface area contributed by atoms with Crippen LogP contribution < -0.4 is 0 Å². The molecule has 0 fully saturated rings. The molecule has 1 atom stereocenters. The molecule has 1 rings (SSSR count). The lowest BCUT2D eigenvalue weighted by Crippen LogP contribution is -2.22. The fraction of sp³-hybridized carbons (Fsp3) is 0.364. The van der Waals surface area contributed by atoms with E-state index in [1.54, 1.807) is 0 Å². The standard InChI is InChI=1S/C11H13FO4S/c1-8(11(13)16-2)7-17(14,15)10-5-3-4-9(12)6-10/h3-6,8H,7H2,1-2H3. The molecular weight excluding hydrogens is 247 g/mol. The highest BCUT2D eigenvalue weighted by Gasteiger charge is 2.23. The van der Waals surface area contributed by atoms with E-state index < -0.39 is 33.3 Å². The second kappa shape index (κ2) is 5.27. The number of halogens is 1. The number of sulfone groups is 1. The molecule has 0 aliphatic carbocycles. The molecule has 0 N–H and O–H groups in total. The maximum Gasteiger partial charge on any atom is 0.309 e. The lowest BCUT2D eigenvalue weighted by atomic mass is 10.2. The monoisotopic (exact) mass is 260 g/mol. The van der Waals surface area contributed by atoms with E-state index >= 15 is 0 Å². The predicted octanol–water partition coefficient (Wildman–Crippen LogP) is 1.41. The van der Waals surface area contributed by atoms with Gasteiger partial charge in [-0.05, 0) is 18.2 Å². The third-order valence-electron chi connectivity index (χ3n) is 2.23. The molecule has 6 heteroatoms. The summed E-state index contributed by atoms with van der Waals surface area (Å²) in [6, 6.07) is 4.69. The van der Waals surface area contributed by atoms with E-state index in [1.807, 2.05) is 0 Å². The number of esters is 1. The van der Waals surface area contributed by atoms with Gasteiger partial charge in [-0.15, -0.1) is 0 Å². The Kier molecular flexibility index (Phi) is 4.22. The summed E-state index contributed by atoms with van der Waals surface area (Å²) in [5.41, 5.74) is 0. The quantitative estimate of drug-likeness (QED) is 0.768. The summed E-state index contributed by atoms with van der Waals surface area (Å²) in [4.78, 5) is 11.0. The van der Waals surface area contributed by atoms with Gasteiger partial charge < -0.3 is 4.74 Å². The normalized spacial score (nSPS) is 13.1. The minimum absolute atomic E-state index is 0.131. The number of rotatable bonds is 4. The second-order valence-corrected chi connectivity index (χ2v) is 5.70. The Morgan fingerprint density at radius 3 is 2.65 bits per heavy atom. The van der Waals surface area contributed by atoms with Crippen LogP contribution in [0.15, 0.2) is 29.2 Å². The van der Waals surface area contributed by atoms with Gasteiger partial charge in [0.1, 0.15) is 5.82 Å². The zero-order valence-corrected chi connectivity index (χ0v) is 10.3. The summed E-state index contributed by atoms with van der Waals surface area (Å²) < 4.78 is 41.0. The highest BCUT2D eigenvalue weighted by atomic mass is 32.2. The second-order valence-electron chi connectivity index (χ2n) is 3.66. The van der Waals surface area contributed by atoms with Crippen LogP contribution in [0.5, 0.6) is 0 Å². The maximum absolute atomic E-state index is 12.9. The number of hydrogen-bond acceptors (Lipinski definition) is 4. The van der Waals surface area contributed by atoms with Gasteiger partial charge in [0.15, 0.2) is 9.84 Å². The molecule has 0 amide bonds. The molecule has 0 saturated heterocycles. The Morgan fingerprint density at radius 1 is 1.47 bits per heavy atom. The lowest BCUT2D eigenvalue weighted by Gasteiger charge is -2.09. The largest absolute Gasteiger partial charge is 0.469 e. The summed E-state index contributed by atoms with van der Waals surface area (Å²) in [6.45, 7) is 1.45. The topological polar surface area (TPSA) is 60.4 Å². The van der Waals surface area contributed by atoms with Gasteiger partial charge in [-0.1, -0.05) is 13.0 Å². The number of ether oxygens (including phenoxy) is 1. The van der Waals surface area contributed by atoms with Crippen LogP contribution in [0.2, 0.25) is 0 Å². The molecule has 0 radical (unpaired) electrons. The third-order valence-corrected chi connectivity index (χ3v) is 4.14. The fourth-order valence-electron chi connectivity index (χ4n) is 1.36. The SMILES string of the molecule is COC(=O)C(C)CS(=O)(=O)c1cccc(F)c1. The van der Waals surface area contributed by atoms with E-state index in [2.05, 4.69) is 4.74 Å². The molecule has 17 heavy (non-hydrogen) atoms.